The molecule has 2 N–H and O–H groups in total. The van der Waals surface area contributed by atoms with Gasteiger partial charge in [0.05, 0.1) is 10.7 Å². The summed E-state index contributed by atoms with van der Waals surface area (Å²) in [7, 11) is 0. The van der Waals surface area contributed by atoms with E-state index in [9.17, 15) is 0 Å². The zero-order chi connectivity index (χ0) is 7.84. The van der Waals surface area contributed by atoms with E-state index in [0.717, 1.165) is 12.5 Å². The van der Waals surface area contributed by atoms with E-state index in [2.05, 4.69) is 10.4 Å². The largest absolute Gasteiger partial charge is 0.330 e. The number of rotatable bonds is 2. The lowest BCUT2D eigenvalue weighted by Crippen LogP contribution is -2.01. The van der Waals surface area contributed by atoms with Gasteiger partial charge in [-0.2, -0.15) is 0 Å². The molecule has 1 saturated carbocycles. The van der Waals surface area contributed by atoms with E-state index >= 15 is 0 Å². The lowest BCUT2D eigenvalue weighted by atomic mass is 10.2. The molecule has 1 aliphatic rings. The van der Waals surface area contributed by atoms with Crippen LogP contribution in [0.5, 0.6) is 0 Å². The van der Waals surface area contributed by atoms with Gasteiger partial charge in [-0.1, -0.05) is 0 Å². The average Bonchev–Trinajstić information content (AvgIpc) is 2.68. The van der Waals surface area contributed by atoms with Gasteiger partial charge in [0.2, 0.25) is 0 Å². The van der Waals surface area contributed by atoms with Crippen LogP contribution >= 0.6 is 11.3 Å². The normalized spacial score (nSPS) is 28.9. The molecule has 1 aliphatic carbocycles. The van der Waals surface area contributed by atoms with Crippen molar-refractivity contribution in [3.05, 3.63) is 16.1 Å². The molecule has 11 heavy (non-hydrogen) atoms. The maximum absolute atomic E-state index is 5.54. The number of nitrogens with zero attached hydrogens (tertiary/aromatic N) is 1. The Kier molecular flexibility index (Phi) is 1.69. The summed E-state index contributed by atoms with van der Waals surface area (Å²) in [6, 6.07) is 0. The summed E-state index contributed by atoms with van der Waals surface area (Å²) in [5.41, 5.74) is 6.81. The number of thiazole rings is 1. The Morgan fingerprint density at radius 2 is 2.64 bits per heavy atom. The number of aryl methyl sites for hydroxylation is 1. The highest BCUT2D eigenvalue weighted by molar-refractivity contribution is 7.09. The van der Waals surface area contributed by atoms with Crippen molar-refractivity contribution in [2.75, 3.05) is 6.54 Å². The van der Waals surface area contributed by atoms with Gasteiger partial charge in [-0.25, -0.2) is 4.98 Å². The van der Waals surface area contributed by atoms with Crippen molar-refractivity contribution in [1.82, 2.24) is 4.98 Å². The van der Waals surface area contributed by atoms with E-state index in [1.165, 1.54) is 17.1 Å². The molecule has 2 rings (SSSR count). The number of hydrogen-bond acceptors (Lipinski definition) is 3. The van der Waals surface area contributed by atoms with Gasteiger partial charge in [0.1, 0.15) is 0 Å². The SMILES string of the molecule is Cc1nc(C2CC2CN)cs1. The van der Waals surface area contributed by atoms with E-state index in [-0.39, 0.29) is 0 Å². The molecule has 0 aromatic carbocycles. The summed E-state index contributed by atoms with van der Waals surface area (Å²) < 4.78 is 0. The standard InChI is InChI=1S/C8H12N2S/c1-5-10-8(4-11-5)7-2-6(7)3-9/h4,6-7H,2-3,9H2,1H3. The Labute approximate surface area is 70.5 Å². The number of aromatic nitrogens is 1. The third kappa shape index (κ3) is 1.30. The third-order valence-corrected chi connectivity index (χ3v) is 3.03. The second-order valence-electron chi connectivity index (χ2n) is 3.13. The minimum Gasteiger partial charge on any atom is -0.330 e. The van der Waals surface area contributed by atoms with Crippen molar-refractivity contribution in [2.45, 2.75) is 19.3 Å². The quantitative estimate of drug-likeness (QED) is 0.727. The molecule has 0 aliphatic heterocycles. The van der Waals surface area contributed by atoms with Gasteiger partial charge in [0, 0.05) is 11.3 Å². The lowest BCUT2D eigenvalue weighted by molar-refractivity contribution is 0.799. The van der Waals surface area contributed by atoms with Crippen LogP contribution < -0.4 is 5.73 Å². The van der Waals surface area contributed by atoms with Crippen LogP contribution in [0.15, 0.2) is 5.38 Å². The summed E-state index contributed by atoms with van der Waals surface area (Å²) in [4.78, 5) is 4.43. The monoisotopic (exact) mass is 168 g/mol. The maximum Gasteiger partial charge on any atom is 0.0897 e. The van der Waals surface area contributed by atoms with E-state index < -0.39 is 0 Å². The van der Waals surface area contributed by atoms with Crippen LogP contribution in [0, 0.1) is 12.8 Å². The highest BCUT2D eigenvalue weighted by atomic mass is 32.1. The second-order valence-corrected chi connectivity index (χ2v) is 4.19. The van der Waals surface area contributed by atoms with E-state index in [4.69, 9.17) is 5.73 Å². The lowest BCUT2D eigenvalue weighted by Gasteiger charge is -1.89. The van der Waals surface area contributed by atoms with Crippen molar-refractivity contribution >= 4 is 11.3 Å². The zero-order valence-electron chi connectivity index (χ0n) is 6.58. The molecule has 1 aromatic heterocycles. The van der Waals surface area contributed by atoms with Gasteiger partial charge in [-0.05, 0) is 25.8 Å². The smallest absolute Gasteiger partial charge is 0.0897 e. The van der Waals surface area contributed by atoms with E-state index in [1.54, 1.807) is 11.3 Å². The minimum absolute atomic E-state index is 0.685. The first-order valence-electron chi connectivity index (χ1n) is 3.93. The highest BCUT2D eigenvalue weighted by Gasteiger charge is 2.38. The zero-order valence-corrected chi connectivity index (χ0v) is 7.40. The molecular weight excluding hydrogens is 156 g/mol. The average molecular weight is 168 g/mol. The summed E-state index contributed by atoms with van der Waals surface area (Å²) in [6.45, 7) is 2.87. The fourth-order valence-electron chi connectivity index (χ4n) is 1.42. The van der Waals surface area contributed by atoms with Crippen molar-refractivity contribution in [1.29, 1.82) is 0 Å². The van der Waals surface area contributed by atoms with Gasteiger partial charge in [0.25, 0.3) is 0 Å². The molecule has 2 nitrogen and oxygen atoms in total. The molecule has 0 saturated heterocycles. The molecule has 2 unspecified atom stereocenters. The molecule has 0 spiro atoms. The number of hydrogen-bond donors (Lipinski definition) is 1. The Balaban J connectivity index is 2.08. The van der Waals surface area contributed by atoms with Crippen LogP contribution in [0.1, 0.15) is 23.0 Å². The van der Waals surface area contributed by atoms with Crippen molar-refractivity contribution in [2.24, 2.45) is 11.7 Å². The summed E-state index contributed by atoms with van der Waals surface area (Å²) in [5, 5.41) is 3.33. The van der Waals surface area contributed by atoms with E-state index in [0.29, 0.717) is 5.92 Å². The fraction of sp³-hybridized carbons (Fsp3) is 0.625. The van der Waals surface area contributed by atoms with Gasteiger partial charge < -0.3 is 5.73 Å². The first-order chi connectivity index (χ1) is 5.31. The second kappa shape index (κ2) is 2.57. The molecule has 1 fully saturated rings. The first-order valence-corrected chi connectivity index (χ1v) is 4.81. The summed E-state index contributed by atoms with van der Waals surface area (Å²) in [5.74, 6) is 1.40. The molecule has 1 aromatic rings. The maximum atomic E-state index is 5.54. The number of nitrogens with two attached hydrogens (primary N) is 1. The Morgan fingerprint density at radius 1 is 1.82 bits per heavy atom. The highest BCUT2D eigenvalue weighted by Crippen LogP contribution is 2.46. The van der Waals surface area contributed by atoms with Gasteiger partial charge >= 0.3 is 0 Å². The Hall–Kier alpha value is -0.410. The topological polar surface area (TPSA) is 38.9 Å². The van der Waals surface area contributed by atoms with Crippen molar-refractivity contribution in [3.8, 4) is 0 Å². The first kappa shape index (κ1) is 7.25. The van der Waals surface area contributed by atoms with Gasteiger partial charge in [0.15, 0.2) is 0 Å². The van der Waals surface area contributed by atoms with Crippen LogP contribution in [0.25, 0.3) is 0 Å². The third-order valence-electron chi connectivity index (χ3n) is 2.24. The van der Waals surface area contributed by atoms with Crippen LogP contribution in [0.3, 0.4) is 0 Å². The predicted molar refractivity (Wildman–Crippen MR) is 46.8 cm³/mol. The molecular formula is C8H12N2S. The predicted octanol–water partition coefficient (Wildman–Crippen LogP) is 1.51. The van der Waals surface area contributed by atoms with Crippen LogP contribution in [0.2, 0.25) is 0 Å². The molecule has 60 valence electrons. The van der Waals surface area contributed by atoms with E-state index in [1.807, 2.05) is 6.92 Å². The summed E-state index contributed by atoms with van der Waals surface area (Å²) >= 11 is 1.73. The van der Waals surface area contributed by atoms with Crippen LogP contribution in [-0.2, 0) is 0 Å². The Morgan fingerprint density at radius 3 is 3.09 bits per heavy atom. The molecule has 0 amide bonds. The van der Waals surface area contributed by atoms with Crippen molar-refractivity contribution in [3.63, 3.8) is 0 Å². The summed E-state index contributed by atoms with van der Waals surface area (Å²) in [6.07, 6.45) is 1.25. The van der Waals surface area contributed by atoms with Crippen LogP contribution in [0.4, 0.5) is 0 Å². The molecule has 0 bridgehead atoms. The van der Waals surface area contributed by atoms with Gasteiger partial charge in [-0.15, -0.1) is 11.3 Å². The molecule has 0 radical (unpaired) electrons. The molecule has 3 heteroatoms. The fourth-order valence-corrected chi connectivity index (χ4v) is 2.10. The van der Waals surface area contributed by atoms with Crippen molar-refractivity contribution < 1.29 is 0 Å². The minimum atomic E-state index is 0.685. The molecule has 1 heterocycles. The Bertz CT molecular complexity index is 256. The van der Waals surface area contributed by atoms with Gasteiger partial charge in [-0.3, -0.25) is 0 Å². The van der Waals surface area contributed by atoms with Crippen LogP contribution in [-0.4, -0.2) is 11.5 Å². The molecule has 2 atom stereocenters.